The van der Waals surface area contributed by atoms with E-state index in [0.29, 0.717) is 57.2 Å². The molecule has 12 nitrogen and oxygen atoms in total. The Kier molecular flexibility index (Phi) is 13.2. The Balaban J connectivity index is 2.36. The van der Waals surface area contributed by atoms with Crippen LogP contribution in [0.5, 0.6) is 0 Å². The number of thiocarbonyl (C=S) groups is 1. The van der Waals surface area contributed by atoms with Gasteiger partial charge in [0, 0.05) is 57.5 Å². The number of aldehydes is 1. The molecule has 1 aromatic carbocycles. The molecular formula is C25H40N8O4S. The maximum Gasteiger partial charge on any atom is 0.231 e. The highest BCUT2D eigenvalue weighted by Crippen LogP contribution is 2.16. The second-order valence-corrected chi connectivity index (χ2v) is 10.2. The first kappa shape index (κ1) is 31.2. The molecule has 1 aliphatic rings. The number of rotatable bonds is 11. The van der Waals surface area contributed by atoms with Gasteiger partial charge in [-0.05, 0) is 31.0 Å². The summed E-state index contributed by atoms with van der Waals surface area (Å²) in [6.07, 6.45) is 1.45. The Morgan fingerprint density at radius 3 is 1.84 bits per heavy atom. The maximum atomic E-state index is 12.1. The van der Waals surface area contributed by atoms with Crippen LogP contribution >= 0.6 is 12.2 Å². The van der Waals surface area contributed by atoms with Crippen molar-refractivity contribution in [1.29, 1.82) is 0 Å². The van der Waals surface area contributed by atoms with Crippen LogP contribution in [0.2, 0.25) is 0 Å². The lowest BCUT2D eigenvalue weighted by Crippen LogP contribution is -2.54. The van der Waals surface area contributed by atoms with E-state index in [4.69, 9.17) is 29.4 Å². The molecule has 1 aromatic rings. The fraction of sp³-hybridized carbons (Fsp3) is 0.560. The van der Waals surface area contributed by atoms with E-state index in [1.54, 1.807) is 0 Å². The number of nitrogens with zero attached hydrogens (tertiary/aromatic N) is 4. The topological polar surface area (TPSA) is 171 Å². The van der Waals surface area contributed by atoms with Crippen LogP contribution in [0.25, 0.3) is 0 Å². The average molecular weight is 549 g/mol. The molecule has 1 heterocycles. The summed E-state index contributed by atoms with van der Waals surface area (Å²) in [5.74, 6) is -1.38. The number of nitrogens with two attached hydrogens (primary N) is 3. The number of amides is 3. The second-order valence-electron chi connectivity index (χ2n) is 9.58. The molecule has 1 aliphatic heterocycles. The molecule has 1 atom stereocenters. The number of hydrogen-bond acceptors (Lipinski definition) is 9. The summed E-state index contributed by atoms with van der Waals surface area (Å²) < 4.78 is 0. The minimum atomic E-state index is -0.464. The van der Waals surface area contributed by atoms with Crippen molar-refractivity contribution >= 4 is 46.9 Å². The van der Waals surface area contributed by atoms with Gasteiger partial charge in [-0.3, -0.25) is 34.0 Å². The third-order valence-electron chi connectivity index (χ3n) is 6.35. The van der Waals surface area contributed by atoms with Gasteiger partial charge in [0.15, 0.2) is 0 Å². The summed E-state index contributed by atoms with van der Waals surface area (Å²) in [6, 6.07) is 7.72. The normalized spacial score (nSPS) is 19.1. The first-order chi connectivity index (χ1) is 18.0. The number of primary amides is 3. The van der Waals surface area contributed by atoms with Crippen molar-refractivity contribution in [3.05, 3.63) is 29.8 Å². The van der Waals surface area contributed by atoms with E-state index in [1.807, 2.05) is 50.8 Å². The van der Waals surface area contributed by atoms with Crippen LogP contribution in [0.3, 0.4) is 0 Å². The molecule has 7 N–H and O–H groups in total. The van der Waals surface area contributed by atoms with Crippen molar-refractivity contribution in [1.82, 2.24) is 19.6 Å². The number of carbonyl (C=O) groups is 4. The highest BCUT2D eigenvalue weighted by atomic mass is 32.1. The molecule has 0 spiro atoms. The van der Waals surface area contributed by atoms with Gasteiger partial charge in [0.25, 0.3) is 0 Å². The zero-order valence-electron chi connectivity index (χ0n) is 22.0. The van der Waals surface area contributed by atoms with Crippen molar-refractivity contribution in [2.75, 3.05) is 77.3 Å². The molecule has 13 heteroatoms. The summed E-state index contributed by atoms with van der Waals surface area (Å²) >= 11 is 5.12. The van der Waals surface area contributed by atoms with E-state index in [9.17, 15) is 19.2 Å². The van der Waals surface area contributed by atoms with E-state index in [1.165, 1.54) is 0 Å². The molecule has 210 valence electrons. The highest BCUT2D eigenvalue weighted by molar-refractivity contribution is 7.80. The van der Waals surface area contributed by atoms with Crippen LogP contribution in [0.4, 0.5) is 5.69 Å². The number of carbonyl (C=O) groups excluding carboxylic acids is 4. The molecule has 38 heavy (non-hydrogen) atoms. The Bertz CT molecular complexity index is 961. The Labute approximate surface area is 229 Å². The van der Waals surface area contributed by atoms with Gasteiger partial charge < -0.3 is 27.3 Å². The largest absolute Gasteiger partial charge is 0.369 e. The predicted molar refractivity (Wildman–Crippen MR) is 150 cm³/mol. The summed E-state index contributed by atoms with van der Waals surface area (Å²) in [5, 5.41) is 3.11. The maximum absolute atomic E-state index is 12.1. The van der Waals surface area contributed by atoms with E-state index < -0.39 is 17.7 Å². The van der Waals surface area contributed by atoms with Crippen LogP contribution in [0.15, 0.2) is 24.3 Å². The quantitative estimate of drug-likeness (QED) is 0.183. The van der Waals surface area contributed by atoms with E-state index in [0.717, 1.165) is 17.5 Å². The second kappa shape index (κ2) is 16.1. The smallest absolute Gasteiger partial charge is 0.231 e. The molecule has 1 saturated heterocycles. The van der Waals surface area contributed by atoms with Crippen molar-refractivity contribution < 1.29 is 19.2 Å². The molecule has 0 bridgehead atoms. The van der Waals surface area contributed by atoms with Gasteiger partial charge in [-0.15, -0.1) is 0 Å². The first-order valence-corrected chi connectivity index (χ1v) is 13.0. The fourth-order valence-corrected chi connectivity index (χ4v) is 4.69. The number of anilines is 1. The van der Waals surface area contributed by atoms with Gasteiger partial charge in [0.1, 0.15) is 6.29 Å². The molecule has 3 amide bonds. The SMILES string of the molecule is CC(=S)Nc1ccc(CC2CN(CC=O)CCN(CC(N)=O)CCN(CC(N)=O)CCN2CC(N)=O)cc1. The lowest BCUT2D eigenvalue weighted by molar-refractivity contribution is -0.121. The average Bonchev–Trinajstić information content (AvgIpc) is 2.81. The fourth-order valence-electron chi connectivity index (χ4n) is 4.58. The zero-order valence-corrected chi connectivity index (χ0v) is 22.8. The van der Waals surface area contributed by atoms with E-state index >= 15 is 0 Å². The lowest BCUT2D eigenvalue weighted by Gasteiger charge is -2.38. The molecule has 2 rings (SSSR count). The summed E-state index contributed by atoms with van der Waals surface area (Å²) in [6.45, 7) is 5.55. The van der Waals surface area contributed by atoms with Crippen LogP contribution in [-0.2, 0) is 25.6 Å². The van der Waals surface area contributed by atoms with Gasteiger partial charge in [-0.2, -0.15) is 0 Å². The van der Waals surface area contributed by atoms with Crippen LogP contribution in [0, 0.1) is 0 Å². The summed E-state index contributed by atoms with van der Waals surface area (Å²) in [5.41, 5.74) is 18.5. The van der Waals surface area contributed by atoms with Gasteiger partial charge in [-0.1, -0.05) is 24.4 Å². The van der Waals surface area contributed by atoms with Gasteiger partial charge in [0.05, 0.1) is 31.2 Å². The van der Waals surface area contributed by atoms with Crippen molar-refractivity contribution in [2.24, 2.45) is 17.2 Å². The van der Waals surface area contributed by atoms with Crippen molar-refractivity contribution in [3.8, 4) is 0 Å². The molecule has 0 aliphatic carbocycles. The summed E-state index contributed by atoms with van der Waals surface area (Å²) in [7, 11) is 0. The minimum Gasteiger partial charge on any atom is -0.369 e. The standard InChI is InChI=1S/C25H40N8O4S/c1-19(38)29-21-4-2-20(3-5-21)14-22-15-32(12-13-34)9-8-30(16-23(26)35)6-7-31(17-24(27)36)10-11-33(22)18-25(28)37/h2-5,13,22H,6-12,14-18H2,1H3,(H2,26,35)(H2,27,36)(H2,28,37)(H,29,38). The monoisotopic (exact) mass is 548 g/mol. The third-order valence-corrected chi connectivity index (χ3v) is 6.45. The predicted octanol–water partition coefficient (Wildman–Crippen LogP) is -1.77. The molecular weight excluding hydrogens is 508 g/mol. The third kappa shape index (κ3) is 12.0. The molecule has 1 fully saturated rings. The Morgan fingerprint density at radius 2 is 1.37 bits per heavy atom. The van der Waals surface area contributed by atoms with E-state index in [2.05, 4.69) is 5.32 Å². The van der Waals surface area contributed by atoms with Crippen LogP contribution < -0.4 is 22.5 Å². The number of benzene rings is 1. The Morgan fingerprint density at radius 1 is 0.868 bits per heavy atom. The molecule has 0 radical (unpaired) electrons. The molecule has 0 aromatic heterocycles. The summed E-state index contributed by atoms with van der Waals surface area (Å²) in [4.78, 5) is 55.4. The highest BCUT2D eigenvalue weighted by Gasteiger charge is 2.26. The molecule has 1 unspecified atom stereocenters. The Hall–Kier alpha value is -2.97. The molecule has 0 saturated carbocycles. The van der Waals surface area contributed by atoms with Crippen LogP contribution in [-0.4, -0.2) is 127 Å². The van der Waals surface area contributed by atoms with Crippen molar-refractivity contribution in [3.63, 3.8) is 0 Å². The van der Waals surface area contributed by atoms with Crippen molar-refractivity contribution in [2.45, 2.75) is 19.4 Å². The van der Waals surface area contributed by atoms with Crippen LogP contribution in [0.1, 0.15) is 12.5 Å². The van der Waals surface area contributed by atoms with Gasteiger partial charge in [0.2, 0.25) is 17.7 Å². The minimum absolute atomic E-state index is 0.0293. The zero-order chi connectivity index (χ0) is 28.1. The van der Waals surface area contributed by atoms with Gasteiger partial charge >= 0.3 is 0 Å². The van der Waals surface area contributed by atoms with E-state index in [-0.39, 0.29) is 32.2 Å². The lowest BCUT2D eigenvalue weighted by atomic mass is 10.0. The number of nitrogens with one attached hydrogen (secondary N) is 1. The number of hydrogen-bond donors (Lipinski definition) is 4. The first-order valence-electron chi connectivity index (χ1n) is 12.6. The van der Waals surface area contributed by atoms with Gasteiger partial charge in [-0.25, -0.2) is 0 Å².